The molecule has 0 radical (unpaired) electrons. The number of benzene rings is 1. The lowest BCUT2D eigenvalue weighted by Crippen LogP contribution is -2.26. The van der Waals surface area contributed by atoms with Crippen LogP contribution in [0.4, 0.5) is 0 Å². The maximum Gasteiger partial charge on any atom is 0.271 e. The molecule has 1 amide bonds. The normalized spacial score (nSPS) is 10.4. The predicted molar refractivity (Wildman–Crippen MR) is 73.8 cm³/mol. The van der Waals surface area contributed by atoms with Crippen molar-refractivity contribution in [3.8, 4) is 0 Å². The van der Waals surface area contributed by atoms with Gasteiger partial charge in [0, 0.05) is 25.8 Å². The zero-order valence-electron chi connectivity index (χ0n) is 10.7. The molecule has 0 spiro atoms. The third kappa shape index (κ3) is 3.93. The van der Waals surface area contributed by atoms with E-state index in [0.717, 1.165) is 6.42 Å². The second-order valence-electron chi connectivity index (χ2n) is 4.28. The van der Waals surface area contributed by atoms with E-state index in [4.69, 9.17) is 5.73 Å². The van der Waals surface area contributed by atoms with Crippen molar-refractivity contribution in [1.82, 2.24) is 14.9 Å². The first-order valence-corrected chi connectivity index (χ1v) is 6.33. The predicted octanol–water partition coefficient (Wildman–Crippen LogP) is 0.814. The van der Waals surface area contributed by atoms with E-state index >= 15 is 0 Å². The van der Waals surface area contributed by atoms with Crippen molar-refractivity contribution in [2.45, 2.75) is 13.0 Å². The molecule has 19 heavy (non-hydrogen) atoms. The molecule has 0 bridgehead atoms. The van der Waals surface area contributed by atoms with E-state index in [9.17, 15) is 4.79 Å². The van der Waals surface area contributed by atoms with E-state index in [0.29, 0.717) is 25.3 Å². The van der Waals surface area contributed by atoms with Crippen molar-refractivity contribution < 1.29 is 4.79 Å². The summed E-state index contributed by atoms with van der Waals surface area (Å²) >= 11 is 0. The van der Waals surface area contributed by atoms with Gasteiger partial charge in [0.05, 0.1) is 6.33 Å². The molecule has 0 aliphatic heterocycles. The third-order valence-corrected chi connectivity index (χ3v) is 2.80. The summed E-state index contributed by atoms with van der Waals surface area (Å²) in [6, 6.07) is 10.0. The number of nitrogens with zero attached hydrogens (tertiary/aromatic N) is 2. The number of nitrogens with two attached hydrogens (primary N) is 1. The quantitative estimate of drug-likeness (QED) is 0.805. The molecule has 0 saturated heterocycles. The van der Waals surface area contributed by atoms with E-state index in [2.05, 4.69) is 10.3 Å². The van der Waals surface area contributed by atoms with Crippen LogP contribution in [0.5, 0.6) is 0 Å². The van der Waals surface area contributed by atoms with Gasteiger partial charge in [-0.1, -0.05) is 30.3 Å². The van der Waals surface area contributed by atoms with Crippen LogP contribution in [-0.2, 0) is 13.0 Å². The number of amides is 1. The van der Waals surface area contributed by atoms with E-state index in [1.54, 1.807) is 12.5 Å². The van der Waals surface area contributed by atoms with Crippen LogP contribution >= 0.6 is 0 Å². The zero-order chi connectivity index (χ0) is 13.5. The smallest absolute Gasteiger partial charge is 0.271 e. The number of hydrogen-bond donors (Lipinski definition) is 2. The molecule has 5 nitrogen and oxygen atoms in total. The molecule has 1 aromatic heterocycles. The Bertz CT molecular complexity index is 521. The highest BCUT2D eigenvalue weighted by atomic mass is 16.1. The molecule has 100 valence electrons. The zero-order valence-corrected chi connectivity index (χ0v) is 10.7. The van der Waals surface area contributed by atoms with Crippen molar-refractivity contribution in [1.29, 1.82) is 0 Å². The van der Waals surface area contributed by atoms with Crippen molar-refractivity contribution in [2.75, 3.05) is 13.1 Å². The summed E-state index contributed by atoms with van der Waals surface area (Å²) in [5.41, 5.74) is 7.08. The lowest BCUT2D eigenvalue weighted by molar-refractivity contribution is 0.0949. The van der Waals surface area contributed by atoms with Crippen LogP contribution in [0, 0.1) is 0 Å². The Hall–Kier alpha value is -2.14. The van der Waals surface area contributed by atoms with Gasteiger partial charge in [0.1, 0.15) is 5.69 Å². The lowest BCUT2D eigenvalue weighted by Gasteiger charge is -2.03. The fourth-order valence-electron chi connectivity index (χ4n) is 1.80. The van der Waals surface area contributed by atoms with Gasteiger partial charge in [-0.2, -0.15) is 0 Å². The van der Waals surface area contributed by atoms with Gasteiger partial charge in [-0.3, -0.25) is 4.79 Å². The van der Waals surface area contributed by atoms with Crippen LogP contribution in [0.3, 0.4) is 0 Å². The van der Waals surface area contributed by atoms with E-state index in [1.165, 1.54) is 5.56 Å². The fraction of sp³-hybridized carbons (Fsp3) is 0.286. The molecule has 0 aliphatic carbocycles. The summed E-state index contributed by atoms with van der Waals surface area (Å²) in [4.78, 5) is 15.9. The van der Waals surface area contributed by atoms with Crippen LogP contribution in [0.15, 0.2) is 42.9 Å². The number of aromatic nitrogens is 2. The topological polar surface area (TPSA) is 72.9 Å². The maximum atomic E-state index is 11.8. The minimum Gasteiger partial charge on any atom is -0.350 e. The minimum atomic E-state index is -0.147. The van der Waals surface area contributed by atoms with E-state index < -0.39 is 0 Å². The summed E-state index contributed by atoms with van der Waals surface area (Å²) in [5, 5.41) is 2.86. The fourth-order valence-corrected chi connectivity index (χ4v) is 1.80. The molecule has 2 rings (SSSR count). The van der Waals surface area contributed by atoms with Gasteiger partial charge < -0.3 is 15.6 Å². The van der Waals surface area contributed by atoms with Crippen LogP contribution in [0.25, 0.3) is 0 Å². The highest BCUT2D eigenvalue weighted by molar-refractivity contribution is 5.91. The average Bonchev–Trinajstić information content (AvgIpc) is 2.89. The highest BCUT2D eigenvalue weighted by Crippen LogP contribution is 1.99. The molecule has 2 aromatic rings. The summed E-state index contributed by atoms with van der Waals surface area (Å²) in [7, 11) is 0. The molecular weight excluding hydrogens is 240 g/mol. The third-order valence-electron chi connectivity index (χ3n) is 2.80. The van der Waals surface area contributed by atoms with Crippen molar-refractivity contribution in [2.24, 2.45) is 5.73 Å². The Morgan fingerprint density at radius 3 is 2.84 bits per heavy atom. The van der Waals surface area contributed by atoms with Gasteiger partial charge in [0.2, 0.25) is 0 Å². The Labute approximate surface area is 112 Å². The first-order valence-electron chi connectivity index (χ1n) is 6.33. The van der Waals surface area contributed by atoms with Crippen LogP contribution in [0.1, 0.15) is 16.1 Å². The lowest BCUT2D eigenvalue weighted by atomic mass is 10.1. The second kappa shape index (κ2) is 6.70. The molecule has 1 aromatic carbocycles. The Morgan fingerprint density at radius 2 is 2.11 bits per heavy atom. The van der Waals surface area contributed by atoms with Crippen LogP contribution < -0.4 is 11.1 Å². The summed E-state index contributed by atoms with van der Waals surface area (Å²) in [6.45, 7) is 1.81. The summed E-state index contributed by atoms with van der Waals surface area (Å²) < 4.78 is 1.81. The van der Waals surface area contributed by atoms with Gasteiger partial charge >= 0.3 is 0 Å². The minimum absolute atomic E-state index is 0.147. The van der Waals surface area contributed by atoms with Crippen molar-refractivity contribution in [3.05, 3.63) is 54.1 Å². The molecule has 0 saturated carbocycles. The number of carbonyl (C=O) groups excluding carboxylic acids is 1. The Balaban J connectivity index is 1.80. The second-order valence-corrected chi connectivity index (χ2v) is 4.28. The number of carbonyl (C=O) groups is 1. The molecule has 0 unspecified atom stereocenters. The van der Waals surface area contributed by atoms with Gasteiger partial charge in [0.25, 0.3) is 5.91 Å². The number of imidazole rings is 1. The number of rotatable bonds is 6. The molecule has 0 atom stereocenters. The van der Waals surface area contributed by atoms with Crippen LogP contribution in [0.2, 0.25) is 0 Å². The standard InChI is InChI=1S/C14H18N4O/c15-7-9-18-10-13(17-11-18)14(19)16-8-6-12-4-2-1-3-5-12/h1-5,10-11H,6-9,15H2,(H,16,19). The molecular formula is C14H18N4O. The van der Waals surface area contributed by atoms with E-state index in [-0.39, 0.29) is 5.91 Å². The highest BCUT2D eigenvalue weighted by Gasteiger charge is 2.08. The van der Waals surface area contributed by atoms with Gasteiger partial charge in [-0.25, -0.2) is 4.98 Å². The van der Waals surface area contributed by atoms with Crippen LogP contribution in [-0.4, -0.2) is 28.5 Å². The molecule has 1 heterocycles. The van der Waals surface area contributed by atoms with Gasteiger partial charge in [0.15, 0.2) is 0 Å². The monoisotopic (exact) mass is 258 g/mol. The first kappa shape index (κ1) is 13.3. The van der Waals surface area contributed by atoms with Gasteiger partial charge in [-0.15, -0.1) is 0 Å². The number of hydrogen-bond acceptors (Lipinski definition) is 3. The molecule has 5 heteroatoms. The Kier molecular flexibility index (Phi) is 4.69. The van der Waals surface area contributed by atoms with Crippen molar-refractivity contribution in [3.63, 3.8) is 0 Å². The Morgan fingerprint density at radius 1 is 1.32 bits per heavy atom. The van der Waals surface area contributed by atoms with E-state index in [1.807, 2.05) is 34.9 Å². The SMILES string of the molecule is NCCn1cnc(C(=O)NCCc2ccccc2)c1. The molecule has 0 fully saturated rings. The first-order chi connectivity index (χ1) is 9.29. The van der Waals surface area contributed by atoms with Gasteiger partial charge in [-0.05, 0) is 12.0 Å². The average molecular weight is 258 g/mol. The molecule has 3 N–H and O–H groups in total. The summed E-state index contributed by atoms with van der Waals surface area (Å²) in [6.07, 6.45) is 4.15. The maximum absolute atomic E-state index is 11.8. The molecule has 0 aliphatic rings. The summed E-state index contributed by atoms with van der Waals surface area (Å²) in [5.74, 6) is -0.147. The van der Waals surface area contributed by atoms with Crippen molar-refractivity contribution >= 4 is 5.91 Å². The largest absolute Gasteiger partial charge is 0.350 e. The number of nitrogens with one attached hydrogen (secondary N) is 1.